The van der Waals surface area contributed by atoms with Crippen molar-refractivity contribution in [3.63, 3.8) is 0 Å². The molecular weight excluding hydrogens is 246 g/mol. The van der Waals surface area contributed by atoms with E-state index < -0.39 is 0 Å². The second-order valence-corrected chi connectivity index (χ2v) is 5.05. The molecule has 2 rings (SSSR count). The van der Waals surface area contributed by atoms with Crippen LogP contribution in [0, 0.1) is 6.92 Å². The van der Waals surface area contributed by atoms with E-state index in [1.165, 1.54) is 11.1 Å². The van der Waals surface area contributed by atoms with Crippen molar-refractivity contribution in [1.82, 2.24) is 5.32 Å². The van der Waals surface area contributed by atoms with Crippen molar-refractivity contribution in [2.24, 2.45) is 0 Å². The normalized spacial score (nSPS) is 12.1. The summed E-state index contributed by atoms with van der Waals surface area (Å²) in [6, 6.07) is 18.9. The highest BCUT2D eigenvalue weighted by atomic mass is 16.5. The molecule has 1 N–H and O–H groups in total. The van der Waals surface area contributed by atoms with Crippen molar-refractivity contribution < 1.29 is 4.74 Å². The summed E-state index contributed by atoms with van der Waals surface area (Å²) in [6.45, 7) is 6.08. The maximum atomic E-state index is 5.68. The van der Waals surface area contributed by atoms with Crippen LogP contribution in [-0.2, 0) is 0 Å². The third kappa shape index (κ3) is 4.39. The van der Waals surface area contributed by atoms with Gasteiger partial charge in [-0.1, -0.05) is 42.5 Å². The molecule has 0 heterocycles. The van der Waals surface area contributed by atoms with Crippen LogP contribution in [0.1, 0.15) is 30.5 Å². The Morgan fingerprint density at radius 2 is 1.70 bits per heavy atom. The molecule has 0 aliphatic carbocycles. The molecule has 0 aromatic heterocycles. The number of rotatable bonds is 7. The van der Waals surface area contributed by atoms with Gasteiger partial charge in [0.2, 0.25) is 0 Å². The zero-order valence-corrected chi connectivity index (χ0v) is 12.3. The van der Waals surface area contributed by atoms with Crippen LogP contribution in [0.3, 0.4) is 0 Å². The van der Waals surface area contributed by atoms with Crippen LogP contribution in [0.2, 0.25) is 0 Å². The van der Waals surface area contributed by atoms with Gasteiger partial charge in [-0.25, -0.2) is 0 Å². The fourth-order valence-electron chi connectivity index (χ4n) is 2.28. The van der Waals surface area contributed by atoms with Crippen LogP contribution in [0.15, 0.2) is 54.6 Å². The molecule has 0 amide bonds. The second kappa shape index (κ2) is 7.71. The molecule has 0 aliphatic heterocycles. The number of hydrogen-bond acceptors (Lipinski definition) is 2. The van der Waals surface area contributed by atoms with Gasteiger partial charge >= 0.3 is 0 Å². The van der Waals surface area contributed by atoms with Gasteiger partial charge in [0.15, 0.2) is 0 Å². The molecule has 0 aliphatic rings. The molecule has 0 radical (unpaired) electrons. The Balaban J connectivity index is 1.67. The molecule has 0 spiro atoms. The van der Waals surface area contributed by atoms with Crippen molar-refractivity contribution in [2.75, 3.05) is 13.2 Å². The zero-order valence-electron chi connectivity index (χ0n) is 12.3. The summed E-state index contributed by atoms with van der Waals surface area (Å²) in [6.07, 6.45) is 1.01. The van der Waals surface area contributed by atoms with Gasteiger partial charge in [0, 0.05) is 6.04 Å². The average Bonchev–Trinajstić information content (AvgIpc) is 2.48. The molecule has 0 fully saturated rings. The molecule has 2 nitrogen and oxygen atoms in total. The van der Waals surface area contributed by atoms with Gasteiger partial charge in [0.25, 0.3) is 0 Å². The maximum Gasteiger partial charge on any atom is 0.119 e. The van der Waals surface area contributed by atoms with Crippen LogP contribution in [0.25, 0.3) is 0 Å². The molecule has 2 heteroatoms. The highest BCUT2D eigenvalue weighted by Crippen LogP contribution is 2.16. The minimum atomic E-state index is 0.382. The summed E-state index contributed by atoms with van der Waals surface area (Å²) in [5.41, 5.74) is 2.71. The highest BCUT2D eigenvalue weighted by Gasteiger charge is 2.06. The maximum absolute atomic E-state index is 5.68. The monoisotopic (exact) mass is 269 g/mol. The predicted molar refractivity (Wildman–Crippen MR) is 84.2 cm³/mol. The number of ether oxygens (including phenoxy) is 1. The highest BCUT2D eigenvalue weighted by molar-refractivity contribution is 5.28. The molecule has 0 bridgehead atoms. The SMILES string of the molecule is Cc1ccccc1[C@H](C)NCCCOc1ccccc1. The predicted octanol–water partition coefficient (Wildman–Crippen LogP) is 4.11. The van der Waals surface area contributed by atoms with E-state index in [2.05, 4.69) is 43.4 Å². The Hall–Kier alpha value is -1.80. The molecule has 1 atom stereocenters. The Kier molecular flexibility index (Phi) is 5.63. The van der Waals surface area contributed by atoms with Crippen molar-refractivity contribution in [2.45, 2.75) is 26.3 Å². The summed E-state index contributed by atoms with van der Waals surface area (Å²) < 4.78 is 5.68. The van der Waals surface area contributed by atoms with Crippen molar-refractivity contribution >= 4 is 0 Å². The Bertz CT molecular complexity index is 510. The minimum absolute atomic E-state index is 0.382. The van der Waals surface area contributed by atoms with Crippen LogP contribution in [0.5, 0.6) is 5.75 Å². The lowest BCUT2D eigenvalue weighted by molar-refractivity contribution is 0.305. The van der Waals surface area contributed by atoms with Gasteiger partial charge in [-0.15, -0.1) is 0 Å². The third-order valence-electron chi connectivity index (χ3n) is 3.44. The average molecular weight is 269 g/mol. The standard InChI is InChI=1S/C18H23NO/c1-15-9-6-7-12-18(15)16(2)19-13-8-14-20-17-10-4-3-5-11-17/h3-7,9-12,16,19H,8,13-14H2,1-2H3/t16-/m0/s1. The van der Waals surface area contributed by atoms with E-state index in [0.717, 1.165) is 25.3 Å². The fourth-order valence-corrected chi connectivity index (χ4v) is 2.28. The van der Waals surface area contributed by atoms with Gasteiger partial charge < -0.3 is 10.1 Å². The molecule has 2 aromatic carbocycles. The first kappa shape index (κ1) is 14.6. The lowest BCUT2D eigenvalue weighted by atomic mass is 10.0. The molecule has 2 aromatic rings. The number of hydrogen-bond donors (Lipinski definition) is 1. The lowest BCUT2D eigenvalue weighted by Crippen LogP contribution is -2.22. The first-order chi connectivity index (χ1) is 9.77. The zero-order chi connectivity index (χ0) is 14.2. The third-order valence-corrected chi connectivity index (χ3v) is 3.44. The van der Waals surface area contributed by atoms with E-state index in [9.17, 15) is 0 Å². The van der Waals surface area contributed by atoms with Gasteiger partial charge in [0.1, 0.15) is 5.75 Å². The number of nitrogens with one attached hydrogen (secondary N) is 1. The number of benzene rings is 2. The smallest absolute Gasteiger partial charge is 0.119 e. The summed E-state index contributed by atoms with van der Waals surface area (Å²) in [5, 5.41) is 3.55. The van der Waals surface area contributed by atoms with Crippen LogP contribution in [0.4, 0.5) is 0 Å². The van der Waals surface area contributed by atoms with E-state index in [-0.39, 0.29) is 0 Å². The molecule has 0 saturated carbocycles. The number of para-hydroxylation sites is 1. The largest absolute Gasteiger partial charge is 0.494 e. The second-order valence-electron chi connectivity index (χ2n) is 5.05. The Labute approximate surface area is 121 Å². The van der Waals surface area contributed by atoms with Gasteiger partial charge in [-0.05, 0) is 50.1 Å². The first-order valence-corrected chi connectivity index (χ1v) is 7.24. The topological polar surface area (TPSA) is 21.3 Å². The lowest BCUT2D eigenvalue weighted by Gasteiger charge is -2.16. The van der Waals surface area contributed by atoms with Gasteiger partial charge in [0.05, 0.1) is 6.61 Å². The molecule has 0 saturated heterocycles. The van der Waals surface area contributed by atoms with Crippen LogP contribution in [-0.4, -0.2) is 13.2 Å². The van der Waals surface area contributed by atoms with Crippen LogP contribution < -0.4 is 10.1 Å². The molecule has 0 unspecified atom stereocenters. The van der Waals surface area contributed by atoms with Crippen molar-refractivity contribution in [3.05, 3.63) is 65.7 Å². The van der Waals surface area contributed by atoms with Crippen LogP contribution >= 0.6 is 0 Å². The summed E-state index contributed by atoms with van der Waals surface area (Å²) in [7, 11) is 0. The number of aryl methyl sites for hydroxylation is 1. The van der Waals surface area contributed by atoms with Crippen molar-refractivity contribution in [3.8, 4) is 5.75 Å². The van der Waals surface area contributed by atoms with Crippen molar-refractivity contribution in [1.29, 1.82) is 0 Å². The van der Waals surface area contributed by atoms with E-state index in [0.29, 0.717) is 6.04 Å². The Morgan fingerprint density at radius 1 is 1.00 bits per heavy atom. The van der Waals surface area contributed by atoms with Gasteiger partial charge in [-0.3, -0.25) is 0 Å². The molecule has 106 valence electrons. The van der Waals surface area contributed by atoms with E-state index in [4.69, 9.17) is 4.74 Å². The fraction of sp³-hybridized carbons (Fsp3) is 0.333. The minimum Gasteiger partial charge on any atom is -0.494 e. The van der Waals surface area contributed by atoms with Gasteiger partial charge in [-0.2, -0.15) is 0 Å². The first-order valence-electron chi connectivity index (χ1n) is 7.24. The Morgan fingerprint density at radius 3 is 2.45 bits per heavy atom. The summed E-state index contributed by atoms with van der Waals surface area (Å²) in [4.78, 5) is 0. The quantitative estimate of drug-likeness (QED) is 0.764. The molecule has 20 heavy (non-hydrogen) atoms. The van der Waals surface area contributed by atoms with E-state index in [1.54, 1.807) is 0 Å². The molecular formula is C18H23NO. The summed E-state index contributed by atoms with van der Waals surface area (Å²) >= 11 is 0. The summed E-state index contributed by atoms with van der Waals surface area (Å²) in [5.74, 6) is 0.944. The van der Waals surface area contributed by atoms with E-state index in [1.807, 2.05) is 30.3 Å². The van der Waals surface area contributed by atoms with E-state index >= 15 is 0 Å².